The monoisotopic (exact) mass is 450 g/mol. The molecule has 0 fully saturated rings. The topological polar surface area (TPSA) is 92.3 Å². The first kappa shape index (κ1) is 21.3. The van der Waals surface area contributed by atoms with Gasteiger partial charge in [0.15, 0.2) is 0 Å². The highest BCUT2D eigenvalue weighted by Crippen LogP contribution is 2.23. The standard InChI is InChI=1S/C20H19ClN2O4S2/c1-28(24,25)23-19-4-2-3-15(13-19)14-22-29(26,27)20-11-7-17(8-12-20)16-5-9-18(21)10-6-16/h2-13,22-23H,14H2,1H3. The second-order valence-electron chi connectivity index (χ2n) is 6.43. The quantitative estimate of drug-likeness (QED) is 0.571. The van der Waals surface area contributed by atoms with Gasteiger partial charge in [-0.05, 0) is 53.1 Å². The van der Waals surface area contributed by atoms with E-state index in [2.05, 4.69) is 9.44 Å². The van der Waals surface area contributed by atoms with Gasteiger partial charge in [-0.15, -0.1) is 0 Å². The molecule has 3 rings (SSSR count). The number of rotatable bonds is 7. The van der Waals surface area contributed by atoms with Gasteiger partial charge < -0.3 is 0 Å². The minimum atomic E-state index is -3.72. The molecule has 0 aliphatic heterocycles. The lowest BCUT2D eigenvalue weighted by atomic mass is 10.1. The van der Waals surface area contributed by atoms with Gasteiger partial charge in [-0.2, -0.15) is 0 Å². The highest BCUT2D eigenvalue weighted by molar-refractivity contribution is 7.92. The first-order chi connectivity index (χ1) is 13.6. The maximum absolute atomic E-state index is 12.6. The number of halogens is 1. The van der Waals surface area contributed by atoms with Crippen LogP contribution in [0.25, 0.3) is 11.1 Å². The van der Waals surface area contributed by atoms with Crippen LogP contribution >= 0.6 is 11.6 Å². The van der Waals surface area contributed by atoms with Gasteiger partial charge in [-0.25, -0.2) is 21.6 Å². The van der Waals surface area contributed by atoms with Crippen molar-refractivity contribution >= 4 is 37.3 Å². The fourth-order valence-electron chi connectivity index (χ4n) is 2.69. The summed E-state index contributed by atoms with van der Waals surface area (Å²) in [6.45, 7) is 0.0283. The molecule has 0 atom stereocenters. The van der Waals surface area contributed by atoms with Crippen molar-refractivity contribution in [2.75, 3.05) is 11.0 Å². The van der Waals surface area contributed by atoms with Crippen LogP contribution in [0.3, 0.4) is 0 Å². The third-order valence-corrected chi connectivity index (χ3v) is 6.31. The largest absolute Gasteiger partial charge is 0.284 e. The molecule has 0 heterocycles. The summed E-state index contributed by atoms with van der Waals surface area (Å²) in [7, 11) is -7.13. The van der Waals surface area contributed by atoms with Crippen molar-refractivity contribution in [1.82, 2.24) is 4.72 Å². The normalized spacial score (nSPS) is 11.9. The molecule has 2 N–H and O–H groups in total. The van der Waals surface area contributed by atoms with Crippen LogP contribution in [0.1, 0.15) is 5.56 Å². The van der Waals surface area contributed by atoms with Crippen molar-refractivity contribution in [3.63, 3.8) is 0 Å². The SMILES string of the molecule is CS(=O)(=O)Nc1cccc(CNS(=O)(=O)c2ccc(-c3ccc(Cl)cc3)cc2)c1. The molecular formula is C20H19ClN2O4S2. The van der Waals surface area contributed by atoms with E-state index in [1.54, 1.807) is 48.5 Å². The Bertz CT molecular complexity index is 1210. The molecular weight excluding hydrogens is 432 g/mol. The summed E-state index contributed by atoms with van der Waals surface area (Å²) >= 11 is 5.89. The third-order valence-electron chi connectivity index (χ3n) is 4.04. The van der Waals surface area contributed by atoms with Crippen LogP contribution in [-0.4, -0.2) is 23.1 Å². The highest BCUT2D eigenvalue weighted by Gasteiger charge is 2.14. The number of hydrogen-bond acceptors (Lipinski definition) is 4. The molecule has 0 saturated carbocycles. The molecule has 0 aliphatic rings. The lowest BCUT2D eigenvalue weighted by Crippen LogP contribution is -2.23. The Kier molecular flexibility index (Phi) is 6.28. The van der Waals surface area contributed by atoms with Crippen LogP contribution in [0, 0.1) is 0 Å². The van der Waals surface area contributed by atoms with Crippen LogP contribution in [0.15, 0.2) is 77.7 Å². The number of anilines is 1. The summed E-state index contributed by atoms with van der Waals surface area (Å²) in [6, 6.07) is 20.3. The molecule has 29 heavy (non-hydrogen) atoms. The van der Waals surface area contributed by atoms with Gasteiger partial charge in [0.25, 0.3) is 0 Å². The van der Waals surface area contributed by atoms with Gasteiger partial charge in [0.05, 0.1) is 11.2 Å². The number of hydrogen-bond donors (Lipinski definition) is 2. The third kappa shape index (κ3) is 6.04. The van der Waals surface area contributed by atoms with Crippen molar-refractivity contribution < 1.29 is 16.8 Å². The average molecular weight is 451 g/mol. The van der Waals surface area contributed by atoms with Gasteiger partial charge >= 0.3 is 0 Å². The van der Waals surface area contributed by atoms with E-state index < -0.39 is 20.0 Å². The summed E-state index contributed by atoms with van der Waals surface area (Å²) in [6.07, 6.45) is 1.05. The van der Waals surface area contributed by atoms with Crippen LogP contribution in [0.2, 0.25) is 5.02 Å². The molecule has 0 bridgehead atoms. The van der Waals surface area contributed by atoms with Crippen LogP contribution < -0.4 is 9.44 Å². The Hall–Kier alpha value is -2.39. The van der Waals surface area contributed by atoms with E-state index in [1.807, 2.05) is 12.1 Å². The maximum Gasteiger partial charge on any atom is 0.240 e. The second kappa shape index (κ2) is 8.54. The zero-order valence-corrected chi connectivity index (χ0v) is 17.9. The Morgan fingerprint density at radius 3 is 2.00 bits per heavy atom. The summed E-state index contributed by atoms with van der Waals surface area (Å²) in [5, 5.41) is 0.632. The first-order valence-corrected chi connectivity index (χ1v) is 12.3. The van der Waals surface area contributed by atoms with Crippen molar-refractivity contribution in [1.29, 1.82) is 0 Å². The minimum Gasteiger partial charge on any atom is -0.284 e. The van der Waals surface area contributed by atoms with E-state index in [9.17, 15) is 16.8 Å². The Morgan fingerprint density at radius 2 is 1.41 bits per heavy atom. The molecule has 0 amide bonds. The summed E-state index contributed by atoms with van der Waals surface area (Å²) in [5.41, 5.74) is 2.80. The van der Waals surface area contributed by atoms with Crippen molar-refractivity contribution in [2.24, 2.45) is 0 Å². The molecule has 6 nitrogen and oxygen atoms in total. The number of sulfonamides is 2. The molecule has 3 aromatic rings. The summed E-state index contributed by atoms with van der Waals surface area (Å²) in [5.74, 6) is 0. The van der Waals surface area contributed by atoms with Gasteiger partial charge in [0.1, 0.15) is 0 Å². The number of nitrogens with one attached hydrogen (secondary N) is 2. The maximum atomic E-state index is 12.6. The molecule has 0 unspecified atom stereocenters. The van der Waals surface area contributed by atoms with E-state index in [0.29, 0.717) is 16.3 Å². The van der Waals surface area contributed by atoms with Gasteiger partial charge in [0.2, 0.25) is 20.0 Å². The van der Waals surface area contributed by atoms with E-state index in [-0.39, 0.29) is 11.4 Å². The molecule has 3 aromatic carbocycles. The summed E-state index contributed by atoms with van der Waals surface area (Å²) in [4.78, 5) is 0.139. The first-order valence-electron chi connectivity index (χ1n) is 8.55. The van der Waals surface area contributed by atoms with Crippen molar-refractivity contribution in [3.05, 3.63) is 83.4 Å². The Balaban J connectivity index is 1.71. The fraction of sp³-hybridized carbons (Fsp3) is 0.100. The van der Waals surface area contributed by atoms with E-state index >= 15 is 0 Å². The second-order valence-corrected chi connectivity index (χ2v) is 10.4. The minimum absolute atomic E-state index is 0.0283. The molecule has 0 saturated heterocycles. The van der Waals surface area contributed by atoms with E-state index in [1.165, 1.54) is 12.1 Å². The number of benzene rings is 3. The Labute approximate surface area is 175 Å². The van der Waals surface area contributed by atoms with E-state index in [4.69, 9.17) is 11.6 Å². The molecule has 0 aromatic heterocycles. The summed E-state index contributed by atoms with van der Waals surface area (Å²) < 4.78 is 52.7. The lowest BCUT2D eigenvalue weighted by molar-refractivity contribution is 0.581. The predicted molar refractivity (Wildman–Crippen MR) is 116 cm³/mol. The predicted octanol–water partition coefficient (Wildman–Crippen LogP) is 3.86. The van der Waals surface area contributed by atoms with Crippen LogP contribution in [-0.2, 0) is 26.6 Å². The van der Waals surface area contributed by atoms with Crippen LogP contribution in [0.4, 0.5) is 5.69 Å². The Morgan fingerprint density at radius 1 is 0.828 bits per heavy atom. The van der Waals surface area contributed by atoms with Gasteiger partial charge in [-0.1, -0.05) is 48.0 Å². The lowest BCUT2D eigenvalue weighted by Gasteiger charge is -2.10. The molecule has 0 aliphatic carbocycles. The molecule has 0 spiro atoms. The van der Waals surface area contributed by atoms with E-state index in [0.717, 1.165) is 17.4 Å². The van der Waals surface area contributed by atoms with Gasteiger partial charge in [0, 0.05) is 17.3 Å². The average Bonchev–Trinajstić information content (AvgIpc) is 2.66. The smallest absolute Gasteiger partial charge is 0.240 e. The van der Waals surface area contributed by atoms with Gasteiger partial charge in [-0.3, -0.25) is 4.72 Å². The van der Waals surface area contributed by atoms with Crippen LogP contribution in [0.5, 0.6) is 0 Å². The van der Waals surface area contributed by atoms with Crippen molar-refractivity contribution in [2.45, 2.75) is 11.4 Å². The zero-order valence-electron chi connectivity index (χ0n) is 15.5. The highest BCUT2D eigenvalue weighted by atomic mass is 35.5. The molecule has 152 valence electrons. The zero-order chi connectivity index (χ0) is 21.1. The molecule has 0 radical (unpaired) electrons. The fourth-order valence-corrected chi connectivity index (χ4v) is 4.39. The molecule has 9 heteroatoms. The van der Waals surface area contributed by atoms with Crippen molar-refractivity contribution in [3.8, 4) is 11.1 Å².